The topological polar surface area (TPSA) is 23.8 Å². The number of halogens is 1. The molecule has 0 atom stereocenters. The minimum Gasteiger partial charge on any atom is -0.192 e. The molecule has 1 aromatic carbocycles. The largest absolute Gasteiger partial charge is 0.192 e. The second-order valence-corrected chi connectivity index (χ2v) is 3.42. The Morgan fingerprint density at radius 3 is 2.58 bits per heavy atom. The Balaban J connectivity index is 3.36. The third-order valence-corrected chi connectivity index (χ3v) is 2.42. The molecule has 0 bridgehead atoms. The van der Waals surface area contributed by atoms with Gasteiger partial charge in [-0.2, -0.15) is 5.26 Å². The third-order valence-electron chi connectivity index (χ3n) is 1.82. The van der Waals surface area contributed by atoms with Crippen LogP contribution in [0.15, 0.2) is 12.1 Å². The van der Waals surface area contributed by atoms with Crippen molar-refractivity contribution in [2.45, 2.75) is 19.2 Å². The maximum Gasteiger partial charge on any atom is 0.0997 e. The van der Waals surface area contributed by atoms with Crippen LogP contribution in [0.1, 0.15) is 22.3 Å². The van der Waals surface area contributed by atoms with E-state index in [4.69, 9.17) is 5.26 Å². The van der Waals surface area contributed by atoms with Gasteiger partial charge in [0.2, 0.25) is 0 Å². The molecule has 0 N–H and O–H groups in total. The van der Waals surface area contributed by atoms with Gasteiger partial charge in [0.15, 0.2) is 0 Å². The number of alkyl halides is 1. The Hall–Kier alpha value is -0.810. The number of rotatable bonds is 1. The Morgan fingerprint density at radius 1 is 1.42 bits per heavy atom. The fraction of sp³-hybridized carbons (Fsp3) is 0.300. The van der Waals surface area contributed by atoms with Crippen LogP contribution in [0.3, 0.4) is 0 Å². The van der Waals surface area contributed by atoms with Crippen molar-refractivity contribution in [1.82, 2.24) is 0 Å². The predicted molar refractivity (Wildman–Crippen MR) is 53.3 cm³/mol. The van der Waals surface area contributed by atoms with Crippen molar-refractivity contribution in [1.29, 1.82) is 5.26 Å². The second kappa shape index (κ2) is 3.73. The molecule has 62 valence electrons. The van der Waals surface area contributed by atoms with Gasteiger partial charge in [-0.25, -0.2) is 0 Å². The van der Waals surface area contributed by atoms with Crippen molar-refractivity contribution in [2.75, 3.05) is 0 Å². The van der Waals surface area contributed by atoms with Gasteiger partial charge in [0.25, 0.3) is 0 Å². The summed E-state index contributed by atoms with van der Waals surface area (Å²) < 4.78 is 0. The molecule has 0 saturated carbocycles. The van der Waals surface area contributed by atoms with Crippen LogP contribution in [-0.4, -0.2) is 0 Å². The molecule has 0 fully saturated rings. The van der Waals surface area contributed by atoms with Gasteiger partial charge in [0.1, 0.15) is 0 Å². The lowest BCUT2D eigenvalue weighted by atomic mass is 10.0. The number of hydrogen-bond donors (Lipinski definition) is 0. The maximum absolute atomic E-state index is 8.85. The summed E-state index contributed by atoms with van der Waals surface area (Å²) >= 11 is 3.37. The first-order valence-corrected chi connectivity index (χ1v) is 4.87. The highest BCUT2D eigenvalue weighted by Gasteiger charge is 2.04. The molecule has 12 heavy (non-hydrogen) atoms. The highest BCUT2D eigenvalue weighted by Crippen LogP contribution is 2.18. The number of nitrogens with zero attached hydrogens (tertiary/aromatic N) is 1. The lowest BCUT2D eigenvalue weighted by molar-refractivity contribution is 1.27. The van der Waals surface area contributed by atoms with Crippen molar-refractivity contribution >= 4 is 15.9 Å². The van der Waals surface area contributed by atoms with E-state index in [0.29, 0.717) is 0 Å². The van der Waals surface area contributed by atoms with Crippen LogP contribution in [-0.2, 0) is 5.33 Å². The molecule has 1 nitrogen and oxygen atoms in total. The number of hydrogen-bond acceptors (Lipinski definition) is 1. The lowest BCUT2D eigenvalue weighted by Gasteiger charge is -2.04. The number of benzene rings is 1. The molecule has 0 aliphatic heterocycles. The molecule has 2 heteroatoms. The third kappa shape index (κ3) is 1.67. The normalized spacial score (nSPS) is 9.50. The van der Waals surface area contributed by atoms with Crippen LogP contribution < -0.4 is 0 Å². The summed E-state index contributed by atoms with van der Waals surface area (Å²) in [6.07, 6.45) is 0. The van der Waals surface area contributed by atoms with E-state index < -0.39 is 0 Å². The molecule has 1 aromatic rings. The van der Waals surface area contributed by atoms with Gasteiger partial charge in [-0.3, -0.25) is 0 Å². The van der Waals surface area contributed by atoms with E-state index in [9.17, 15) is 0 Å². The van der Waals surface area contributed by atoms with Crippen LogP contribution in [0.4, 0.5) is 0 Å². The predicted octanol–water partition coefficient (Wildman–Crippen LogP) is 3.07. The average Bonchev–Trinajstić information content (AvgIpc) is 2.03. The first-order chi connectivity index (χ1) is 5.69. The summed E-state index contributed by atoms with van der Waals surface area (Å²) in [7, 11) is 0. The van der Waals surface area contributed by atoms with Crippen LogP contribution in [0.2, 0.25) is 0 Å². The molecule has 0 saturated heterocycles. The quantitative estimate of drug-likeness (QED) is 0.672. The van der Waals surface area contributed by atoms with Gasteiger partial charge in [-0.15, -0.1) is 0 Å². The standard InChI is InChI=1S/C10H10BrN/c1-7-3-8(2)10(6-12)9(4-7)5-11/h3-4H,5H2,1-2H3. The van der Waals surface area contributed by atoms with Crippen molar-refractivity contribution < 1.29 is 0 Å². The zero-order valence-electron chi connectivity index (χ0n) is 7.19. The van der Waals surface area contributed by atoms with Gasteiger partial charge in [-0.05, 0) is 25.0 Å². The Kier molecular flexibility index (Phi) is 2.88. The van der Waals surface area contributed by atoms with E-state index in [1.807, 2.05) is 26.0 Å². The second-order valence-electron chi connectivity index (χ2n) is 2.86. The Labute approximate surface area is 81.2 Å². The molecule has 1 rings (SSSR count). The number of nitriles is 1. The van der Waals surface area contributed by atoms with E-state index in [0.717, 1.165) is 22.0 Å². The summed E-state index contributed by atoms with van der Waals surface area (Å²) in [5.41, 5.74) is 4.15. The Bertz CT molecular complexity index is 336. The molecule has 0 unspecified atom stereocenters. The molecule has 0 amide bonds. The van der Waals surface area contributed by atoms with E-state index in [1.54, 1.807) is 0 Å². The fourth-order valence-electron chi connectivity index (χ4n) is 1.32. The summed E-state index contributed by atoms with van der Waals surface area (Å²) in [5.74, 6) is 0. The van der Waals surface area contributed by atoms with E-state index in [1.165, 1.54) is 5.56 Å². The van der Waals surface area contributed by atoms with Crippen LogP contribution in [0, 0.1) is 25.2 Å². The summed E-state index contributed by atoms with van der Waals surface area (Å²) in [6.45, 7) is 4.01. The highest BCUT2D eigenvalue weighted by atomic mass is 79.9. The molecular weight excluding hydrogens is 214 g/mol. The molecule has 0 radical (unpaired) electrons. The minimum absolute atomic E-state index is 0.748. The van der Waals surface area contributed by atoms with Crippen molar-refractivity contribution in [3.8, 4) is 6.07 Å². The zero-order valence-corrected chi connectivity index (χ0v) is 8.77. The van der Waals surface area contributed by atoms with Crippen LogP contribution >= 0.6 is 15.9 Å². The first kappa shape index (κ1) is 9.28. The van der Waals surface area contributed by atoms with E-state index in [-0.39, 0.29) is 0 Å². The molecular formula is C10H10BrN. The highest BCUT2D eigenvalue weighted by molar-refractivity contribution is 9.08. The SMILES string of the molecule is Cc1cc(C)c(C#N)c(CBr)c1. The minimum atomic E-state index is 0.748. The van der Waals surface area contributed by atoms with E-state index in [2.05, 4.69) is 22.0 Å². The van der Waals surface area contributed by atoms with Crippen molar-refractivity contribution in [2.24, 2.45) is 0 Å². The number of aryl methyl sites for hydroxylation is 2. The molecule has 0 aliphatic rings. The molecule has 0 heterocycles. The summed E-state index contributed by atoms with van der Waals surface area (Å²) in [4.78, 5) is 0. The van der Waals surface area contributed by atoms with Crippen molar-refractivity contribution in [3.05, 3.63) is 34.4 Å². The lowest BCUT2D eigenvalue weighted by Crippen LogP contribution is -1.91. The summed E-state index contributed by atoms with van der Waals surface area (Å²) in [6, 6.07) is 6.29. The molecule has 0 aromatic heterocycles. The Morgan fingerprint density at radius 2 is 2.08 bits per heavy atom. The maximum atomic E-state index is 8.85. The van der Waals surface area contributed by atoms with Gasteiger partial charge >= 0.3 is 0 Å². The smallest absolute Gasteiger partial charge is 0.0997 e. The van der Waals surface area contributed by atoms with Crippen LogP contribution in [0.25, 0.3) is 0 Å². The molecule has 0 spiro atoms. The molecule has 0 aliphatic carbocycles. The zero-order chi connectivity index (χ0) is 9.14. The van der Waals surface area contributed by atoms with Gasteiger partial charge in [-0.1, -0.05) is 33.6 Å². The van der Waals surface area contributed by atoms with Gasteiger partial charge < -0.3 is 0 Å². The monoisotopic (exact) mass is 223 g/mol. The van der Waals surface area contributed by atoms with Gasteiger partial charge in [0.05, 0.1) is 11.6 Å². The van der Waals surface area contributed by atoms with E-state index >= 15 is 0 Å². The van der Waals surface area contributed by atoms with Crippen LogP contribution in [0.5, 0.6) is 0 Å². The van der Waals surface area contributed by atoms with Crippen molar-refractivity contribution in [3.63, 3.8) is 0 Å². The average molecular weight is 224 g/mol. The summed E-state index contributed by atoms with van der Waals surface area (Å²) in [5, 5.41) is 9.60. The first-order valence-electron chi connectivity index (χ1n) is 3.75. The fourth-order valence-corrected chi connectivity index (χ4v) is 1.76. The van der Waals surface area contributed by atoms with Gasteiger partial charge in [0, 0.05) is 5.33 Å².